The van der Waals surface area contributed by atoms with Gasteiger partial charge in [-0.3, -0.25) is 0 Å². The number of nitrogens with one attached hydrogen (secondary N) is 1. The molecule has 1 aliphatic rings. The number of fused-ring (bicyclic) bond motifs is 1. The molecule has 0 radical (unpaired) electrons. The Hall–Kier alpha value is -4.07. The van der Waals surface area contributed by atoms with Crippen LogP contribution in [0.15, 0.2) is 66.7 Å². The van der Waals surface area contributed by atoms with Crippen molar-refractivity contribution >= 4 is 28.5 Å². The van der Waals surface area contributed by atoms with Crippen LogP contribution in [0, 0.1) is 5.82 Å². The van der Waals surface area contributed by atoms with E-state index in [1.54, 1.807) is 17.0 Å². The summed E-state index contributed by atoms with van der Waals surface area (Å²) in [6, 6.07) is 20.3. The Balaban J connectivity index is 1.58. The first-order valence-corrected chi connectivity index (χ1v) is 12.9. The van der Waals surface area contributed by atoms with E-state index in [-0.39, 0.29) is 18.0 Å². The molecule has 1 unspecified atom stereocenters. The largest absolute Gasteiger partial charge is 0.496 e. The first-order chi connectivity index (χ1) is 18.2. The molecule has 1 aliphatic heterocycles. The van der Waals surface area contributed by atoms with Gasteiger partial charge in [-0.15, -0.1) is 0 Å². The molecule has 1 N–H and O–H groups in total. The zero-order chi connectivity index (χ0) is 26.9. The normalized spacial score (nSPS) is 15.9. The van der Waals surface area contributed by atoms with Crippen LogP contribution in [0.1, 0.15) is 39.7 Å². The van der Waals surface area contributed by atoms with E-state index in [1.807, 2.05) is 74.0 Å². The summed E-state index contributed by atoms with van der Waals surface area (Å²) in [5, 5.41) is 9.34. The number of likely N-dealkylation sites (tertiary alicyclic amines) is 1. The van der Waals surface area contributed by atoms with E-state index in [1.165, 1.54) is 13.2 Å². The number of anilines is 2. The quantitative estimate of drug-likeness (QED) is 0.305. The molecule has 0 bridgehead atoms. The third kappa shape index (κ3) is 5.30. The average Bonchev–Trinajstić information content (AvgIpc) is 3.25. The van der Waals surface area contributed by atoms with Gasteiger partial charge >= 0.3 is 6.09 Å². The number of halogens is 1. The SMILES string of the molecule is COc1cccc(F)c1-c1ccc2nn(C3CCCN(C(=O)OC(C)(C)C)C3)c(Nc3ccccc3)c2c1. The van der Waals surface area contributed by atoms with Crippen LogP contribution in [0.5, 0.6) is 5.75 Å². The number of piperidine rings is 1. The second kappa shape index (κ2) is 10.4. The van der Waals surface area contributed by atoms with Crippen molar-refractivity contribution in [1.29, 1.82) is 0 Å². The number of hydrogen-bond acceptors (Lipinski definition) is 5. The number of ether oxygens (including phenoxy) is 2. The predicted octanol–water partition coefficient (Wildman–Crippen LogP) is 7.17. The molecule has 2 heterocycles. The fourth-order valence-electron chi connectivity index (χ4n) is 4.91. The lowest BCUT2D eigenvalue weighted by atomic mass is 10.0. The fourth-order valence-corrected chi connectivity index (χ4v) is 4.91. The predicted molar refractivity (Wildman–Crippen MR) is 147 cm³/mol. The van der Waals surface area contributed by atoms with Crippen LogP contribution in [0.3, 0.4) is 0 Å². The van der Waals surface area contributed by atoms with Crippen molar-refractivity contribution in [2.24, 2.45) is 0 Å². The molecular weight excluding hydrogens is 483 g/mol. The van der Waals surface area contributed by atoms with Crippen molar-refractivity contribution in [1.82, 2.24) is 14.7 Å². The van der Waals surface area contributed by atoms with E-state index < -0.39 is 5.60 Å². The second-order valence-corrected chi connectivity index (χ2v) is 10.6. The number of amides is 1. The number of benzene rings is 3. The van der Waals surface area contributed by atoms with Gasteiger partial charge in [-0.1, -0.05) is 30.3 Å². The second-order valence-electron chi connectivity index (χ2n) is 10.6. The van der Waals surface area contributed by atoms with Crippen molar-refractivity contribution in [3.8, 4) is 16.9 Å². The molecule has 8 heteroatoms. The molecule has 1 fully saturated rings. The molecule has 1 saturated heterocycles. The van der Waals surface area contributed by atoms with Crippen molar-refractivity contribution in [2.75, 3.05) is 25.5 Å². The summed E-state index contributed by atoms with van der Waals surface area (Å²) in [6.45, 7) is 6.75. The third-order valence-electron chi connectivity index (χ3n) is 6.61. The zero-order valence-corrected chi connectivity index (χ0v) is 22.2. The summed E-state index contributed by atoms with van der Waals surface area (Å²) in [5.74, 6) is 0.905. The zero-order valence-electron chi connectivity index (χ0n) is 22.2. The Kier molecular flexibility index (Phi) is 6.97. The van der Waals surface area contributed by atoms with Crippen LogP contribution < -0.4 is 10.1 Å². The molecule has 3 aromatic carbocycles. The van der Waals surface area contributed by atoms with Gasteiger partial charge in [-0.2, -0.15) is 5.10 Å². The van der Waals surface area contributed by atoms with Gasteiger partial charge in [0.1, 0.15) is 23.0 Å². The Morgan fingerprint density at radius 3 is 2.61 bits per heavy atom. The Morgan fingerprint density at radius 1 is 1.08 bits per heavy atom. The van der Waals surface area contributed by atoms with Gasteiger partial charge in [0.15, 0.2) is 0 Å². The van der Waals surface area contributed by atoms with E-state index in [0.717, 1.165) is 35.2 Å². The maximum Gasteiger partial charge on any atom is 0.410 e. The lowest BCUT2D eigenvalue weighted by molar-refractivity contribution is 0.0168. The molecule has 1 amide bonds. The van der Waals surface area contributed by atoms with Crippen LogP contribution in [0.25, 0.3) is 22.0 Å². The summed E-state index contributed by atoms with van der Waals surface area (Å²) < 4.78 is 28.0. The number of nitrogens with zero attached hydrogens (tertiary/aromatic N) is 3. The minimum Gasteiger partial charge on any atom is -0.496 e. The van der Waals surface area contributed by atoms with Crippen molar-refractivity contribution in [2.45, 2.75) is 45.3 Å². The number of aromatic nitrogens is 2. The van der Waals surface area contributed by atoms with Crippen molar-refractivity contribution < 1.29 is 18.7 Å². The highest BCUT2D eigenvalue weighted by Gasteiger charge is 2.30. The van der Waals surface area contributed by atoms with E-state index in [9.17, 15) is 9.18 Å². The molecule has 7 nitrogen and oxygen atoms in total. The molecule has 38 heavy (non-hydrogen) atoms. The smallest absolute Gasteiger partial charge is 0.410 e. The van der Waals surface area contributed by atoms with E-state index in [4.69, 9.17) is 14.6 Å². The van der Waals surface area contributed by atoms with Gasteiger partial charge in [-0.05, 0) is 75.6 Å². The summed E-state index contributed by atoms with van der Waals surface area (Å²) in [4.78, 5) is 14.6. The summed E-state index contributed by atoms with van der Waals surface area (Å²) in [5.41, 5.74) is 2.22. The van der Waals surface area contributed by atoms with Crippen LogP contribution in [-0.4, -0.2) is 46.6 Å². The molecule has 0 spiro atoms. The van der Waals surface area contributed by atoms with E-state index in [2.05, 4.69) is 5.32 Å². The van der Waals surface area contributed by atoms with Gasteiger partial charge in [0, 0.05) is 24.2 Å². The summed E-state index contributed by atoms with van der Waals surface area (Å²) in [6.07, 6.45) is 1.39. The van der Waals surface area contributed by atoms with Gasteiger partial charge in [0.2, 0.25) is 0 Å². The van der Waals surface area contributed by atoms with Crippen LogP contribution >= 0.6 is 0 Å². The first kappa shape index (κ1) is 25.6. The highest BCUT2D eigenvalue weighted by atomic mass is 19.1. The minimum atomic E-state index is -0.561. The maximum absolute atomic E-state index is 14.9. The monoisotopic (exact) mass is 516 g/mol. The van der Waals surface area contributed by atoms with Crippen LogP contribution in [0.4, 0.5) is 20.7 Å². The summed E-state index contributed by atoms with van der Waals surface area (Å²) in [7, 11) is 1.54. The van der Waals surface area contributed by atoms with Gasteiger partial charge in [0.25, 0.3) is 0 Å². The van der Waals surface area contributed by atoms with E-state index >= 15 is 0 Å². The number of carbonyl (C=O) groups excluding carboxylic acids is 1. The Morgan fingerprint density at radius 2 is 1.87 bits per heavy atom. The highest BCUT2D eigenvalue weighted by molar-refractivity contribution is 5.95. The maximum atomic E-state index is 14.9. The number of hydrogen-bond donors (Lipinski definition) is 1. The highest BCUT2D eigenvalue weighted by Crippen LogP contribution is 2.38. The lowest BCUT2D eigenvalue weighted by Gasteiger charge is -2.34. The average molecular weight is 517 g/mol. The molecule has 4 aromatic rings. The van der Waals surface area contributed by atoms with Crippen LogP contribution in [-0.2, 0) is 4.74 Å². The Labute approximate surface area is 222 Å². The molecular formula is C30H33FN4O3. The molecule has 1 aromatic heterocycles. The number of rotatable bonds is 5. The van der Waals surface area contributed by atoms with Gasteiger partial charge < -0.3 is 19.7 Å². The molecule has 0 saturated carbocycles. The standard InChI is InChI=1S/C30H33FN4O3/c1-30(2,3)38-29(36)34-17-9-12-22(19-34)35-28(32-21-10-6-5-7-11-21)23-18-20(15-16-25(23)33-35)27-24(31)13-8-14-26(27)37-4/h5-8,10-11,13-16,18,22,32H,9,12,17,19H2,1-4H3. The number of carbonyl (C=O) groups is 1. The first-order valence-electron chi connectivity index (χ1n) is 12.9. The number of methoxy groups -OCH3 is 1. The Bertz CT molecular complexity index is 1450. The van der Waals surface area contributed by atoms with Crippen molar-refractivity contribution in [3.05, 3.63) is 72.5 Å². The molecule has 5 rings (SSSR count). The van der Waals surface area contributed by atoms with Gasteiger partial charge in [-0.25, -0.2) is 13.9 Å². The molecule has 0 aliphatic carbocycles. The molecule has 198 valence electrons. The topological polar surface area (TPSA) is 68.6 Å². The fraction of sp³-hybridized carbons (Fsp3) is 0.333. The van der Waals surface area contributed by atoms with Crippen molar-refractivity contribution in [3.63, 3.8) is 0 Å². The lowest BCUT2D eigenvalue weighted by Crippen LogP contribution is -2.43. The molecule has 1 atom stereocenters. The third-order valence-corrected chi connectivity index (χ3v) is 6.61. The minimum absolute atomic E-state index is 0.0543. The van der Waals surface area contributed by atoms with Crippen LogP contribution in [0.2, 0.25) is 0 Å². The van der Waals surface area contributed by atoms with E-state index in [0.29, 0.717) is 30.0 Å². The number of para-hydroxylation sites is 1. The summed E-state index contributed by atoms with van der Waals surface area (Å²) >= 11 is 0. The van der Waals surface area contributed by atoms with Gasteiger partial charge in [0.05, 0.1) is 24.2 Å².